The van der Waals surface area contributed by atoms with E-state index in [4.69, 9.17) is 4.74 Å². The molecule has 3 aromatic rings. The molecule has 0 saturated heterocycles. The van der Waals surface area contributed by atoms with Crippen molar-refractivity contribution in [1.82, 2.24) is 10.7 Å². The maximum absolute atomic E-state index is 12.3. The monoisotopic (exact) mass is 586 g/mol. The molecule has 0 fully saturated rings. The summed E-state index contributed by atoms with van der Waals surface area (Å²) in [5.41, 5.74) is 4.37. The van der Waals surface area contributed by atoms with Gasteiger partial charge < -0.3 is 10.1 Å². The number of carbonyl (C=O) groups is 2. The molecule has 0 saturated carbocycles. The van der Waals surface area contributed by atoms with Gasteiger partial charge in [-0.1, -0.05) is 46.3 Å². The SMILES string of the molecule is C[C@@H](NC(=O)COc1ccc(/C=N\NC(=O)CN(c2ccc(Br)cc2)S(C)(=O)=O)cc1)c1ccccc1. The van der Waals surface area contributed by atoms with E-state index in [-0.39, 0.29) is 18.6 Å². The summed E-state index contributed by atoms with van der Waals surface area (Å²) in [5, 5.41) is 6.77. The third-order valence-electron chi connectivity index (χ3n) is 5.13. The van der Waals surface area contributed by atoms with Crippen molar-refractivity contribution < 1.29 is 22.7 Å². The van der Waals surface area contributed by atoms with Crippen LogP contribution in [0.5, 0.6) is 5.75 Å². The fourth-order valence-electron chi connectivity index (χ4n) is 3.26. The van der Waals surface area contributed by atoms with Gasteiger partial charge in [-0.25, -0.2) is 13.8 Å². The summed E-state index contributed by atoms with van der Waals surface area (Å²) < 4.78 is 31.6. The summed E-state index contributed by atoms with van der Waals surface area (Å²) >= 11 is 3.30. The molecule has 0 bridgehead atoms. The van der Waals surface area contributed by atoms with Crippen LogP contribution < -0.4 is 19.8 Å². The van der Waals surface area contributed by atoms with E-state index in [0.717, 1.165) is 20.6 Å². The molecular weight excluding hydrogens is 560 g/mol. The van der Waals surface area contributed by atoms with Crippen molar-refractivity contribution >= 4 is 49.7 Å². The van der Waals surface area contributed by atoms with Gasteiger partial charge in [-0.05, 0) is 66.6 Å². The predicted molar refractivity (Wildman–Crippen MR) is 147 cm³/mol. The molecule has 0 radical (unpaired) electrons. The standard InChI is InChI=1S/C26H27BrN4O5S/c1-19(21-6-4-3-5-7-21)29-26(33)18-36-24-14-8-20(9-15-24)16-28-30-25(32)17-31(37(2,34)35)23-12-10-22(27)11-13-23/h3-16,19H,17-18H2,1-2H3,(H,29,33)(H,30,32)/b28-16-/t19-/m1/s1. The van der Waals surface area contributed by atoms with E-state index < -0.39 is 22.5 Å². The number of hydrogen-bond acceptors (Lipinski definition) is 6. The Morgan fingerprint density at radius 1 is 1.00 bits per heavy atom. The average Bonchev–Trinajstić information content (AvgIpc) is 2.87. The topological polar surface area (TPSA) is 117 Å². The number of nitrogens with one attached hydrogen (secondary N) is 2. The van der Waals surface area contributed by atoms with E-state index in [9.17, 15) is 18.0 Å². The molecule has 3 aromatic carbocycles. The molecule has 0 aliphatic carbocycles. The van der Waals surface area contributed by atoms with Crippen molar-refractivity contribution in [2.45, 2.75) is 13.0 Å². The number of hydrazone groups is 1. The van der Waals surface area contributed by atoms with Gasteiger partial charge in [0.15, 0.2) is 6.61 Å². The molecule has 2 N–H and O–H groups in total. The smallest absolute Gasteiger partial charge is 0.260 e. The van der Waals surface area contributed by atoms with E-state index in [1.165, 1.54) is 6.21 Å². The minimum Gasteiger partial charge on any atom is -0.484 e. The largest absolute Gasteiger partial charge is 0.484 e. The third kappa shape index (κ3) is 9.03. The van der Waals surface area contributed by atoms with Crippen LogP contribution in [0.3, 0.4) is 0 Å². The molecule has 1 atom stereocenters. The zero-order chi connectivity index (χ0) is 26.8. The number of sulfonamides is 1. The Morgan fingerprint density at radius 3 is 2.27 bits per heavy atom. The Bertz CT molecular complexity index is 1330. The van der Waals surface area contributed by atoms with Crippen LogP contribution in [-0.2, 0) is 19.6 Å². The maximum atomic E-state index is 12.3. The van der Waals surface area contributed by atoms with Gasteiger partial charge >= 0.3 is 0 Å². The summed E-state index contributed by atoms with van der Waals surface area (Å²) in [6, 6.07) is 22.8. The maximum Gasteiger partial charge on any atom is 0.260 e. The van der Waals surface area contributed by atoms with Crippen LogP contribution in [0.25, 0.3) is 0 Å². The summed E-state index contributed by atoms with van der Waals surface area (Å²) in [7, 11) is -3.68. The molecule has 0 aliphatic heterocycles. The Balaban J connectivity index is 1.47. The number of hydrogen-bond donors (Lipinski definition) is 2. The van der Waals surface area contributed by atoms with Gasteiger partial charge in [-0.15, -0.1) is 0 Å². The Labute approximate surface area is 224 Å². The number of halogens is 1. The minimum atomic E-state index is -3.68. The first-order valence-corrected chi connectivity index (χ1v) is 13.9. The van der Waals surface area contributed by atoms with E-state index in [1.807, 2.05) is 37.3 Å². The number of nitrogens with zero attached hydrogens (tertiary/aromatic N) is 2. The quantitative estimate of drug-likeness (QED) is 0.263. The van der Waals surface area contributed by atoms with E-state index in [1.54, 1.807) is 48.5 Å². The van der Waals surface area contributed by atoms with Gasteiger partial charge in [0.2, 0.25) is 10.0 Å². The van der Waals surface area contributed by atoms with Gasteiger partial charge in [0.25, 0.3) is 11.8 Å². The summed E-state index contributed by atoms with van der Waals surface area (Å²) in [5.74, 6) is -0.335. The molecule has 194 valence electrons. The Kier molecular flexibility index (Phi) is 9.81. The lowest BCUT2D eigenvalue weighted by Crippen LogP contribution is -2.38. The Hall–Kier alpha value is -3.70. The summed E-state index contributed by atoms with van der Waals surface area (Å²) in [6.07, 6.45) is 2.45. The predicted octanol–water partition coefficient (Wildman–Crippen LogP) is 3.62. The van der Waals surface area contributed by atoms with Crippen LogP contribution in [-0.4, -0.2) is 45.9 Å². The van der Waals surface area contributed by atoms with Crippen LogP contribution in [0.1, 0.15) is 24.1 Å². The molecule has 0 unspecified atom stereocenters. The molecule has 0 spiro atoms. The second-order valence-electron chi connectivity index (χ2n) is 8.10. The van der Waals surface area contributed by atoms with Crippen LogP contribution in [0.4, 0.5) is 5.69 Å². The molecule has 9 nitrogen and oxygen atoms in total. The highest BCUT2D eigenvalue weighted by atomic mass is 79.9. The molecule has 0 aliphatic rings. The van der Waals surface area contributed by atoms with Crippen LogP contribution in [0.15, 0.2) is 88.4 Å². The number of benzene rings is 3. The zero-order valence-corrected chi connectivity index (χ0v) is 22.7. The summed E-state index contributed by atoms with van der Waals surface area (Å²) in [6.45, 7) is 1.35. The molecule has 37 heavy (non-hydrogen) atoms. The molecule has 11 heteroatoms. The zero-order valence-electron chi connectivity index (χ0n) is 20.3. The minimum absolute atomic E-state index is 0.129. The molecular formula is C26H27BrN4O5S. The fourth-order valence-corrected chi connectivity index (χ4v) is 4.38. The molecule has 2 amide bonds. The highest BCUT2D eigenvalue weighted by Gasteiger charge is 2.20. The highest BCUT2D eigenvalue weighted by molar-refractivity contribution is 9.10. The molecule has 0 heterocycles. The van der Waals surface area contributed by atoms with Gasteiger partial charge in [-0.2, -0.15) is 5.10 Å². The van der Waals surface area contributed by atoms with E-state index >= 15 is 0 Å². The Morgan fingerprint density at radius 2 is 1.65 bits per heavy atom. The number of carbonyl (C=O) groups excluding carboxylic acids is 2. The lowest BCUT2D eigenvalue weighted by atomic mass is 10.1. The highest BCUT2D eigenvalue weighted by Crippen LogP contribution is 2.20. The lowest BCUT2D eigenvalue weighted by molar-refractivity contribution is -0.123. The van der Waals surface area contributed by atoms with Gasteiger partial charge in [0.05, 0.1) is 24.2 Å². The van der Waals surface area contributed by atoms with E-state index in [0.29, 0.717) is 17.0 Å². The van der Waals surface area contributed by atoms with Crippen molar-refractivity contribution in [3.63, 3.8) is 0 Å². The van der Waals surface area contributed by atoms with Crippen molar-refractivity contribution in [2.24, 2.45) is 5.10 Å². The van der Waals surface area contributed by atoms with Crippen molar-refractivity contribution in [3.05, 3.63) is 94.5 Å². The van der Waals surface area contributed by atoms with Gasteiger partial charge in [0, 0.05) is 4.47 Å². The van der Waals surface area contributed by atoms with Crippen LogP contribution in [0, 0.1) is 0 Å². The van der Waals surface area contributed by atoms with Crippen LogP contribution in [0.2, 0.25) is 0 Å². The first kappa shape index (κ1) is 27.9. The number of amides is 2. The van der Waals surface area contributed by atoms with E-state index in [2.05, 4.69) is 31.8 Å². The average molecular weight is 587 g/mol. The third-order valence-corrected chi connectivity index (χ3v) is 6.80. The van der Waals surface area contributed by atoms with Gasteiger partial charge in [-0.3, -0.25) is 13.9 Å². The number of anilines is 1. The van der Waals surface area contributed by atoms with Crippen molar-refractivity contribution in [1.29, 1.82) is 0 Å². The van der Waals surface area contributed by atoms with Crippen molar-refractivity contribution in [3.8, 4) is 5.75 Å². The first-order valence-electron chi connectivity index (χ1n) is 11.2. The molecule has 0 aromatic heterocycles. The molecule has 3 rings (SSSR count). The van der Waals surface area contributed by atoms with Crippen molar-refractivity contribution in [2.75, 3.05) is 23.7 Å². The lowest BCUT2D eigenvalue weighted by Gasteiger charge is -2.21. The fraction of sp³-hybridized carbons (Fsp3) is 0.192. The second-order valence-corrected chi connectivity index (χ2v) is 10.9. The van der Waals surface area contributed by atoms with Crippen LogP contribution >= 0.6 is 15.9 Å². The second kappa shape index (κ2) is 13.0. The van der Waals surface area contributed by atoms with Gasteiger partial charge in [0.1, 0.15) is 12.3 Å². The number of rotatable bonds is 11. The normalized spacial score (nSPS) is 12.1. The number of ether oxygens (including phenoxy) is 1. The first-order chi connectivity index (χ1) is 17.6. The summed E-state index contributed by atoms with van der Waals surface area (Å²) in [4.78, 5) is 24.5.